The molecule has 2 saturated carbocycles. The fourth-order valence-corrected chi connectivity index (χ4v) is 3.00. The zero-order valence-electron chi connectivity index (χ0n) is 12.0. The van der Waals surface area contributed by atoms with Crippen LogP contribution in [0.2, 0.25) is 0 Å². The van der Waals surface area contributed by atoms with Gasteiger partial charge in [-0.05, 0) is 43.7 Å². The minimum absolute atomic E-state index is 0.132. The Morgan fingerprint density at radius 3 is 2.55 bits per heavy atom. The predicted molar refractivity (Wildman–Crippen MR) is 80.6 cm³/mol. The first-order valence-electron chi connectivity index (χ1n) is 7.81. The van der Waals surface area contributed by atoms with Crippen molar-refractivity contribution in [3.8, 4) is 0 Å². The maximum absolute atomic E-state index is 11.9. The molecule has 2 N–H and O–H groups in total. The fourth-order valence-electron chi connectivity index (χ4n) is 3.00. The quantitative estimate of drug-likeness (QED) is 0.799. The Kier molecular flexibility index (Phi) is 4.06. The summed E-state index contributed by atoms with van der Waals surface area (Å²) in [5.41, 5.74) is 1.56. The molecule has 2 aliphatic rings. The highest BCUT2D eigenvalue weighted by Crippen LogP contribution is 2.43. The van der Waals surface area contributed by atoms with E-state index in [9.17, 15) is 4.79 Å². The molecule has 2 aliphatic carbocycles. The first kappa shape index (κ1) is 13.6. The molecule has 0 unspecified atom stereocenters. The van der Waals surface area contributed by atoms with Gasteiger partial charge in [0.2, 0.25) is 5.91 Å². The lowest BCUT2D eigenvalue weighted by Crippen LogP contribution is -2.47. The summed E-state index contributed by atoms with van der Waals surface area (Å²) < 4.78 is 0. The van der Waals surface area contributed by atoms with E-state index in [1.54, 1.807) is 0 Å². The van der Waals surface area contributed by atoms with Crippen molar-refractivity contribution in [2.45, 2.75) is 37.5 Å². The van der Waals surface area contributed by atoms with Gasteiger partial charge in [0.05, 0.1) is 6.54 Å². The van der Waals surface area contributed by atoms with Crippen LogP contribution < -0.4 is 10.6 Å². The smallest absolute Gasteiger partial charge is 0.233 e. The topological polar surface area (TPSA) is 41.1 Å². The minimum atomic E-state index is 0.132. The van der Waals surface area contributed by atoms with Crippen LogP contribution in [0.25, 0.3) is 0 Å². The first-order valence-corrected chi connectivity index (χ1v) is 7.81. The van der Waals surface area contributed by atoms with Crippen LogP contribution in [0.1, 0.15) is 37.7 Å². The molecule has 0 bridgehead atoms. The lowest BCUT2D eigenvalue weighted by atomic mass is 9.64. The van der Waals surface area contributed by atoms with E-state index in [0.29, 0.717) is 6.54 Å². The Hall–Kier alpha value is -1.35. The number of rotatable bonds is 7. The van der Waals surface area contributed by atoms with Gasteiger partial charge < -0.3 is 10.6 Å². The van der Waals surface area contributed by atoms with Gasteiger partial charge >= 0.3 is 0 Å². The molecule has 108 valence electrons. The summed E-state index contributed by atoms with van der Waals surface area (Å²) in [4.78, 5) is 11.9. The van der Waals surface area contributed by atoms with Crippen molar-refractivity contribution in [2.24, 2.45) is 5.92 Å². The van der Waals surface area contributed by atoms with Gasteiger partial charge in [0.1, 0.15) is 0 Å². The Balaban J connectivity index is 1.47. The van der Waals surface area contributed by atoms with Crippen LogP contribution in [0.3, 0.4) is 0 Å². The molecule has 3 heteroatoms. The molecule has 0 heterocycles. The standard InChI is InChI=1S/C17H24N2O/c20-16(12-18-11-14-7-8-14)19-13-17(9-4-10-17)15-5-2-1-3-6-15/h1-3,5-6,14,18H,4,7-13H2,(H,19,20). The number of carbonyl (C=O) groups excluding carboxylic acids is 1. The molecule has 20 heavy (non-hydrogen) atoms. The van der Waals surface area contributed by atoms with Crippen LogP contribution in [0.15, 0.2) is 30.3 Å². The molecule has 3 rings (SSSR count). The molecule has 1 aromatic rings. The second kappa shape index (κ2) is 5.96. The summed E-state index contributed by atoms with van der Waals surface area (Å²) in [7, 11) is 0. The van der Waals surface area contributed by atoms with Gasteiger partial charge in [-0.2, -0.15) is 0 Å². The maximum atomic E-state index is 11.9. The third kappa shape index (κ3) is 3.21. The molecule has 3 nitrogen and oxygen atoms in total. The van der Waals surface area contributed by atoms with E-state index in [4.69, 9.17) is 0 Å². The zero-order chi connectivity index (χ0) is 13.8. The Morgan fingerprint density at radius 1 is 1.20 bits per heavy atom. The van der Waals surface area contributed by atoms with Crippen molar-refractivity contribution < 1.29 is 4.79 Å². The summed E-state index contributed by atoms with van der Waals surface area (Å²) in [6.45, 7) is 2.24. The Labute approximate surface area is 121 Å². The molecule has 1 aromatic carbocycles. The van der Waals surface area contributed by atoms with Gasteiger partial charge in [-0.15, -0.1) is 0 Å². The Bertz CT molecular complexity index is 449. The van der Waals surface area contributed by atoms with Crippen LogP contribution in [0.5, 0.6) is 0 Å². The molecule has 0 saturated heterocycles. The molecule has 0 aliphatic heterocycles. The average molecular weight is 272 g/mol. The predicted octanol–water partition coefficient (Wildman–Crippen LogP) is 2.22. The van der Waals surface area contributed by atoms with Gasteiger partial charge in [0.25, 0.3) is 0 Å². The molecular weight excluding hydrogens is 248 g/mol. The SMILES string of the molecule is O=C(CNCC1CC1)NCC1(c2ccccc2)CCC1. The largest absolute Gasteiger partial charge is 0.354 e. The maximum Gasteiger partial charge on any atom is 0.233 e. The fraction of sp³-hybridized carbons (Fsp3) is 0.588. The third-order valence-corrected chi connectivity index (χ3v) is 4.74. The van der Waals surface area contributed by atoms with Gasteiger partial charge in [0.15, 0.2) is 0 Å². The van der Waals surface area contributed by atoms with E-state index in [1.807, 2.05) is 0 Å². The summed E-state index contributed by atoms with van der Waals surface area (Å²) >= 11 is 0. The molecule has 0 atom stereocenters. The Morgan fingerprint density at radius 2 is 1.95 bits per heavy atom. The number of benzene rings is 1. The highest BCUT2D eigenvalue weighted by molar-refractivity contribution is 5.78. The van der Waals surface area contributed by atoms with Gasteiger partial charge in [-0.1, -0.05) is 36.8 Å². The van der Waals surface area contributed by atoms with E-state index < -0.39 is 0 Å². The van der Waals surface area contributed by atoms with Crippen molar-refractivity contribution >= 4 is 5.91 Å². The van der Waals surface area contributed by atoms with E-state index >= 15 is 0 Å². The van der Waals surface area contributed by atoms with Crippen molar-refractivity contribution in [2.75, 3.05) is 19.6 Å². The van der Waals surface area contributed by atoms with Crippen LogP contribution in [-0.2, 0) is 10.2 Å². The number of nitrogens with one attached hydrogen (secondary N) is 2. The number of carbonyl (C=O) groups is 1. The van der Waals surface area contributed by atoms with E-state index in [-0.39, 0.29) is 11.3 Å². The summed E-state index contributed by atoms with van der Waals surface area (Å²) in [6, 6.07) is 10.6. The molecule has 0 aromatic heterocycles. The van der Waals surface area contributed by atoms with Crippen molar-refractivity contribution in [1.29, 1.82) is 0 Å². The molecule has 0 radical (unpaired) electrons. The highest BCUT2D eigenvalue weighted by Gasteiger charge is 2.38. The summed E-state index contributed by atoms with van der Waals surface area (Å²) in [5.74, 6) is 0.956. The van der Waals surface area contributed by atoms with Crippen LogP contribution in [0, 0.1) is 5.92 Å². The number of hydrogen-bond acceptors (Lipinski definition) is 2. The monoisotopic (exact) mass is 272 g/mol. The first-order chi connectivity index (χ1) is 9.78. The number of amides is 1. The second-order valence-electron chi connectivity index (χ2n) is 6.35. The van der Waals surface area contributed by atoms with Crippen LogP contribution in [-0.4, -0.2) is 25.5 Å². The zero-order valence-corrected chi connectivity index (χ0v) is 12.0. The van der Waals surface area contributed by atoms with Crippen molar-refractivity contribution in [3.05, 3.63) is 35.9 Å². The van der Waals surface area contributed by atoms with E-state index in [1.165, 1.54) is 37.7 Å². The molecule has 2 fully saturated rings. The van der Waals surface area contributed by atoms with Crippen molar-refractivity contribution in [3.63, 3.8) is 0 Å². The van der Waals surface area contributed by atoms with Gasteiger partial charge in [-0.3, -0.25) is 4.79 Å². The van der Waals surface area contributed by atoms with Gasteiger partial charge in [-0.25, -0.2) is 0 Å². The summed E-state index contributed by atoms with van der Waals surface area (Å²) in [5, 5.41) is 6.36. The average Bonchev–Trinajstić information content (AvgIpc) is 3.23. The van der Waals surface area contributed by atoms with Crippen LogP contribution in [0.4, 0.5) is 0 Å². The third-order valence-electron chi connectivity index (χ3n) is 4.74. The number of hydrogen-bond donors (Lipinski definition) is 2. The lowest BCUT2D eigenvalue weighted by Gasteiger charge is -2.42. The molecular formula is C17H24N2O. The molecule has 0 spiro atoms. The van der Waals surface area contributed by atoms with Crippen molar-refractivity contribution in [1.82, 2.24) is 10.6 Å². The van der Waals surface area contributed by atoms with E-state index in [2.05, 4.69) is 41.0 Å². The highest BCUT2D eigenvalue weighted by atomic mass is 16.1. The van der Waals surface area contributed by atoms with Gasteiger partial charge in [0, 0.05) is 12.0 Å². The van der Waals surface area contributed by atoms with Crippen LogP contribution >= 0.6 is 0 Å². The minimum Gasteiger partial charge on any atom is -0.354 e. The summed E-state index contributed by atoms with van der Waals surface area (Å²) in [6.07, 6.45) is 6.29. The van der Waals surface area contributed by atoms with E-state index in [0.717, 1.165) is 19.0 Å². The normalized spacial score (nSPS) is 20.2. The lowest BCUT2D eigenvalue weighted by molar-refractivity contribution is -0.120. The second-order valence-corrected chi connectivity index (χ2v) is 6.35. The molecule has 1 amide bonds.